The summed E-state index contributed by atoms with van der Waals surface area (Å²) in [5.74, 6) is 0. The van der Waals surface area contributed by atoms with Crippen molar-refractivity contribution in [3.8, 4) is 33.4 Å². The average Bonchev–Trinajstić information content (AvgIpc) is 3.51. The molecule has 0 saturated heterocycles. The SMILES string of the molecule is C=CC1=C(/C=C\C)c2ccccc2C12c1ccccc1-c1c(-c3ccc4c(c3)Sc3cccc5cccc-4c35)cccc12. The van der Waals surface area contributed by atoms with Crippen molar-refractivity contribution in [2.45, 2.75) is 22.1 Å². The van der Waals surface area contributed by atoms with Crippen LogP contribution in [-0.4, -0.2) is 0 Å². The van der Waals surface area contributed by atoms with Crippen LogP contribution >= 0.6 is 11.8 Å². The quantitative estimate of drug-likeness (QED) is 0.206. The first kappa shape index (κ1) is 24.7. The lowest BCUT2D eigenvalue weighted by Gasteiger charge is -2.31. The molecular weight excluding hydrogens is 537 g/mol. The van der Waals surface area contributed by atoms with Crippen LogP contribution in [0.2, 0.25) is 0 Å². The minimum atomic E-state index is -0.396. The number of rotatable bonds is 3. The van der Waals surface area contributed by atoms with Crippen molar-refractivity contribution in [3.63, 3.8) is 0 Å². The molecule has 0 radical (unpaired) electrons. The number of hydrogen-bond acceptors (Lipinski definition) is 1. The predicted octanol–water partition coefficient (Wildman–Crippen LogP) is 11.5. The molecule has 202 valence electrons. The fourth-order valence-corrected chi connectivity index (χ4v) is 9.21. The van der Waals surface area contributed by atoms with E-state index in [1.807, 2.05) is 11.8 Å². The van der Waals surface area contributed by atoms with Crippen LogP contribution in [0.5, 0.6) is 0 Å². The van der Waals surface area contributed by atoms with Crippen molar-refractivity contribution in [1.82, 2.24) is 0 Å². The van der Waals surface area contributed by atoms with Gasteiger partial charge in [-0.25, -0.2) is 0 Å². The topological polar surface area (TPSA) is 0 Å². The fraction of sp³-hybridized carbons (Fsp3) is 0.0476. The molecule has 6 aromatic rings. The van der Waals surface area contributed by atoms with Crippen LogP contribution in [0.25, 0.3) is 49.7 Å². The van der Waals surface area contributed by atoms with E-state index < -0.39 is 5.41 Å². The summed E-state index contributed by atoms with van der Waals surface area (Å²) in [5.41, 5.74) is 15.3. The molecule has 2 aliphatic carbocycles. The maximum atomic E-state index is 4.39. The summed E-state index contributed by atoms with van der Waals surface area (Å²) in [6.45, 7) is 6.49. The van der Waals surface area contributed by atoms with Crippen LogP contribution in [0.15, 0.2) is 161 Å². The Bertz CT molecular complexity index is 2240. The van der Waals surface area contributed by atoms with E-state index in [9.17, 15) is 0 Å². The molecule has 0 fully saturated rings. The molecule has 1 heteroatoms. The summed E-state index contributed by atoms with van der Waals surface area (Å²) in [6, 6.07) is 45.3. The summed E-state index contributed by atoms with van der Waals surface area (Å²) in [7, 11) is 0. The molecule has 9 rings (SSSR count). The molecule has 3 aliphatic rings. The van der Waals surface area contributed by atoms with Crippen LogP contribution < -0.4 is 0 Å². The third-order valence-electron chi connectivity index (χ3n) is 9.59. The second kappa shape index (κ2) is 9.07. The Morgan fingerprint density at radius 1 is 0.605 bits per heavy atom. The molecule has 0 nitrogen and oxygen atoms in total. The van der Waals surface area contributed by atoms with E-state index in [1.54, 1.807) is 0 Å². The van der Waals surface area contributed by atoms with Crippen LogP contribution in [0, 0.1) is 0 Å². The van der Waals surface area contributed by atoms with E-state index in [2.05, 4.69) is 153 Å². The van der Waals surface area contributed by atoms with Gasteiger partial charge >= 0.3 is 0 Å². The Kier molecular flexibility index (Phi) is 5.22. The van der Waals surface area contributed by atoms with Gasteiger partial charge in [0.05, 0.1) is 5.41 Å². The minimum Gasteiger partial charge on any atom is -0.0987 e. The molecule has 1 aliphatic heterocycles. The molecule has 6 aromatic carbocycles. The van der Waals surface area contributed by atoms with Crippen molar-refractivity contribution in [1.29, 1.82) is 0 Å². The van der Waals surface area contributed by atoms with E-state index >= 15 is 0 Å². The summed E-state index contributed by atoms with van der Waals surface area (Å²) < 4.78 is 0. The second-order valence-electron chi connectivity index (χ2n) is 11.6. The first-order valence-electron chi connectivity index (χ1n) is 14.9. The van der Waals surface area contributed by atoms with Crippen molar-refractivity contribution in [2.75, 3.05) is 0 Å². The van der Waals surface area contributed by atoms with E-state index in [1.165, 1.54) is 87.3 Å². The Morgan fingerprint density at radius 3 is 2.09 bits per heavy atom. The first-order valence-corrected chi connectivity index (χ1v) is 15.7. The second-order valence-corrected chi connectivity index (χ2v) is 12.7. The Balaban J connectivity index is 1.32. The number of hydrogen-bond donors (Lipinski definition) is 0. The number of fused-ring (bicyclic) bond motifs is 9. The highest BCUT2D eigenvalue weighted by Gasteiger charge is 2.52. The molecule has 1 atom stereocenters. The van der Waals surface area contributed by atoms with E-state index in [0.29, 0.717) is 0 Å². The maximum Gasteiger partial charge on any atom is 0.0725 e. The minimum absolute atomic E-state index is 0.396. The third-order valence-corrected chi connectivity index (χ3v) is 10.7. The van der Waals surface area contributed by atoms with Crippen LogP contribution in [0.4, 0.5) is 0 Å². The smallest absolute Gasteiger partial charge is 0.0725 e. The molecule has 0 N–H and O–H groups in total. The van der Waals surface area contributed by atoms with Gasteiger partial charge in [-0.1, -0.05) is 146 Å². The summed E-state index contributed by atoms with van der Waals surface area (Å²) in [6.07, 6.45) is 6.51. The van der Waals surface area contributed by atoms with Crippen molar-refractivity contribution in [2.24, 2.45) is 0 Å². The maximum absolute atomic E-state index is 4.39. The van der Waals surface area contributed by atoms with Gasteiger partial charge in [-0.15, -0.1) is 0 Å². The lowest BCUT2D eigenvalue weighted by molar-refractivity contribution is 0.787. The number of allylic oxidation sites excluding steroid dienone is 5. The lowest BCUT2D eigenvalue weighted by atomic mass is 9.69. The molecule has 0 amide bonds. The molecule has 43 heavy (non-hydrogen) atoms. The van der Waals surface area contributed by atoms with Crippen molar-refractivity contribution < 1.29 is 0 Å². The van der Waals surface area contributed by atoms with Crippen LogP contribution in [-0.2, 0) is 5.41 Å². The zero-order valence-corrected chi connectivity index (χ0v) is 24.7. The highest BCUT2D eigenvalue weighted by Crippen LogP contribution is 2.63. The van der Waals surface area contributed by atoms with E-state index in [4.69, 9.17) is 0 Å². The molecule has 0 saturated carbocycles. The Morgan fingerprint density at radius 2 is 1.28 bits per heavy atom. The Labute approximate surface area is 256 Å². The van der Waals surface area contributed by atoms with Gasteiger partial charge in [0.15, 0.2) is 0 Å². The Hall–Kier alpha value is -4.85. The lowest BCUT2D eigenvalue weighted by Crippen LogP contribution is -2.26. The predicted molar refractivity (Wildman–Crippen MR) is 183 cm³/mol. The normalized spacial score (nSPS) is 17.3. The highest BCUT2D eigenvalue weighted by molar-refractivity contribution is 7.99. The van der Waals surface area contributed by atoms with Crippen molar-refractivity contribution in [3.05, 3.63) is 174 Å². The summed E-state index contributed by atoms with van der Waals surface area (Å²) in [5, 5.41) is 2.67. The number of benzene rings is 6. The molecular formula is C42H28S. The van der Waals surface area contributed by atoms with Gasteiger partial charge in [-0.2, -0.15) is 0 Å². The largest absolute Gasteiger partial charge is 0.0987 e. The van der Waals surface area contributed by atoms with E-state index in [-0.39, 0.29) is 0 Å². The van der Waals surface area contributed by atoms with Gasteiger partial charge in [0.25, 0.3) is 0 Å². The first-order chi connectivity index (χ1) is 21.3. The molecule has 1 spiro atoms. The van der Waals surface area contributed by atoms with Crippen molar-refractivity contribution >= 4 is 28.1 Å². The van der Waals surface area contributed by atoms with Gasteiger partial charge < -0.3 is 0 Å². The molecule has 1 unspecified atom stereocenters. The fourth-order valence-electron chi connectivity index (χ4n) is 8.03. The monoisotopic (exact) mass is 564 g/mol. The van der Waals surface area contributed by atoms with Gasteiger partial charge in [0, 0.05) is 15.2 Å². The van der Waals surface area contributed by atoms with Crippen LogP contribution in [0.1, 0.15) is 29.2 Å². The standard InChI is InChI=1S/C42H28S/c1-3-12-29-30-15-5-7-19-35(30)42(34(29)4-2)36-20-8-6-16-33(36)41-28(17-11-21-37(41)42)27-23-24-31-32-18-9-13-26-14-10-22-38(40(26)32)43-39(31)25-27/h3-25H,2H2,1H3/b12-3-. The third kappa shape index (κ3) is 3.13. The summed E-state index contributed by atoms with van der Waals surface area (Å²) >= 11 is 1.89. The average molecular weight is 565 g/mol. The van der Waals surface area contributed by atoms with Gasteiger partial charge in [-0.3, -0.25) is 0 Å². The zero-order chi connectivity index (χ0) is 28.7. The molecule has 0 aromatic heterocycles. The van der Waals surface area contributed by atoms with Gasteiger partial charge in [0.2, 0.25) is 0 Å². The van der Waals surface area contributed by atoms with E-state index in [0.717, 1.165) is 0 Å². The molecule has 0 bridgehead atoms. The highest BCUT2D eigenvalue weighted by atomic mass is 32.2. The molecule has 1 heterocycles. The zero-order valence-electron chi connectivity index (χ0n) is 23.9. The summed E-state index contributed by atoms with van der Waals surface area (Å²) in [4.78, 5) is 2.65. The van der Waals surface area contributed by atoms with Crippen LogP contribution in [0.3, 0.4) is 0 Å². The van der Waals surface area contributed by atoms with Gasteiger partial charge in [0.1, 0.15) is 0 Å². The van der Waals surface area contributed by atoms with Gasteiger partial charge in [-0.05, 0) is 91.2 Å².